The minimum Gasteiger partial charge on any atom is -0.465 e. The van der Waals surface area contributed by atoms with E-state index in [4.69, 9.17) is 14.5 Å². The van der Waals surface area contributed by atoms with Crippen molar-refractivity contribution in [2.75, 3.05) is 45.8 Å². The molecule has 2 atom stereocenters. The molecule has 0 spiro atoms. The van der Waals surface area contributed by atoms with E-state index < -0.39 is 12.1 Å². The number of rotatable bonds is 14. The Bertz CT molecular complexity index is 1650. The van der Waals surface area contributed by atoms with E-state index in [0.29, 0.717) is 31.8 Å². The van der Waals surface area contributed by atoms with Crippen molar-refractivity contribution in [1.82, 2.24) is 19.8 Å². The lowest BCUT2D eigenvalue weighted by atomic mass is 9.95. The Morgan fingerprint density at radius 1 is 0.979 bits per heavy atom. The van der Waals surface area contributed by atoms with Crippen molar-refractivity contribution in [1.29, 1.82) is 0 Å². The first-order chi connectivity index (χ1) is 22.8. The van der Waals surface area contributed by atoms with Gasteiger partial charge in [-0.1, -0.05) is 48.5 Å². The summed E-state index contributed by atoms with van der Waals surface area (Å²) in [5.74, 6) is 0.800. The third-order valence-corrected chi connectivity index (χ3v) is 8.52. The molecular weight excluding hydrogens is 598 g/mol. The molecule has 3 aromatic carbocycles. The smallest absolute Gasteiger partial charge is 0.404 e. The number of fused-ring (bicyclic) bond motifs is 1. The Labute approximate surface area is 274 Å². The molecule has 1 aliphatic rings. The summed E-state index contributed by atoms with van der Waals surface area (Å²) in [6, 6.07) is 22.9. The molecular formula is C36H43N5O6. The van der Waals surface area contributed by atoms with Gasteiger partial charge in [0.05, 0.1) is 11.0 Å². The van der Waals surface area contributed by atoms with Gasteiger partial charge in [0.2, 0.25) is 11.8 Å². The van der Waals surface area contributed by atoms with Crippen LogP contribution in [0.2, 0.25) is 0 Å². The number of nitrogens with one attached hydrogen (secondary N) is 2. The molecule has 3 amide bonds. The predicted molar refractivity (Wildman–Crippen MR) is 180 cm³/mol. The van der Waals surface area contributed by atoms with E-state index in [2.05, 4.69) is 21.3 Å². The summed E-state index contributed by atoms with van der Waals surface area (Å²) >= 11 is 0. The number of hydrogen-bond acceptors (Lipinski definition) is 6. The first-order valence-electron chi connectivity index (χ1n) is 16.0. The maximum atomic E-state index is 13.6. The highest BCUT2D eigenvalue weighted by Crippen LogP contribution is 2.30. The standard InChI is InChI=1S/C36H43N5O6/c1-46-20-6-19-41-32-9-4-3-8-31(32)39-35(41)28-7-5-18-40(23-28)34(43)22-30(38-36(44)45)21-25-10-12-26(13-11-25)27-14-16-29(17-15-27)37-33(42)24-47-2/h3-4,8-17,28,30,38H,5-7,18-24H2,1-2H3,(H,37,42)(H,44,45)/t28-,30-/m1/s1. The van der Waals surface area contributed by atoms with Crippen molar-refractivity contribution >= 4 is 34.6 Å². The molecule has 248 valence electrons. The zero-order valence-electron chi connectivity index (χ0n) is 27.0. The summed E-state index contributed by atoms with van der Waals surface area (Å²) in [7, 11) is 3.17. The van der Waals surface area contributed by atoms with Gasteiger partial charge in [-0.15, -0.1) is 0 Å². The van der Waals surface area contributed by atoms with Gasteiger partial charge in [0.25, 0.3) is 0 Å². The highest BCUT2D eigenvalue weighted by Gasteiger charge is 2.30. The summed E-state index contributed by atoms with van der Waals surface area (Å²) in [4.78, 5) is 43.9. The largest absolute Gasteiger partial charge is 0.465 e. The fraction of sp³-hybridized carbons (Fsp3) is 0.389. The Balaban J connectivity index is 1.23. The van der Waals surface area contributed by atoms with Crippen molar-refractivity contribution in [3.05, 3.63) is 84.2 Å². The lowest BCUT2D eigenvalue weighted by Gasteiger charge is -2.33. The molecule has 1 fully saturated rings. The zero-order chi connectivity index (χ0) is 33.2. The van der Waals surface area contributed by atoms with Gasteiger partial charge < -0.3 is 34.7 Å². The number of carbonyl (C=O) groups is 3. The van der Waals surface area contributed by atoms with Crippen molar-refractivity contribution in [3.8, 4) is 11.1 Å². The molecule has 4 aromatic rings. The number of ether oxygens (including phenoxy) is 2. The quantitative estimate of drug-likeness (QED) is 0.159. The number of likely N-dealkylation sites (tertiary alicyclic amines) is 1. The van der Waals surface area contributed by atoms with E-state index in [1.165, 1.54) is 7.11 Å². The van der Waals surface area contributed by atoms with Crippen molar-refractivity contribution in [2.45, 2.75) is 50.6 Å². The molecule has 1 saturated heterocycles. The zero-order valence-corrected chi connectivity index (χ0v) is 27.0. The van der Waals surface area contributed by atoms with Gasteiger partial charge in [-0.25, -0.2) is 9.78 Å². The fourth-order valence-corrected chi connectivity index (χ4v) is 6.30. The van der Waals surface area contributed by atoms with Crippen molar-refractivity contribution in [3.63, 3.8) is 0 Å². The molecule has 1 aromatic heterocycles. The Hall–Kier alpha value is -4.74. The number of aromatic nitrogens is 2. The number of piperidine rings is 1. The second kappa shape index (κ2) is 16.2. The molecule has 0 radical (unpaired) electrons. The van der Waals surface area contributed by atoms with Crippen LogP contribution in [-0.4, -0.2) is 84.0 Å². The summed E-state index contributed by atoms with van der Waals surface area (Å²) in [6.45, 7) is 2.63. The molecule has 0 saturated carbocycles. The SMILES string of the molecule is COCCCn1c([C@@H]2CCCN(C(=O)C[C@@H](Cc3ccc(-c4ccc(NC(=O)COC)cc4)cc3)NC(=O)O)C2)nc2ccccc21. The van der Waals surface area contributed by atoms with E-state index in [1.807, 2.05) is 71.6 Å². The molecule has 3 N–H and O–H groups in total. The van der Waals surface area contributed by atoms with Crippen LogP contribution in [0.25, 0.3) is 22.2 Å². The number of aryl methyl sites for hydroxylation is 1. The molecule has 1 aliphatic heterocycles. The van der Waals surface area contributed by atoms with Gasteiger partial charge in [0.15, 0.2) is 0 Å². The minimum absolute atomic E-state index is 0.00940. The average molecular weight is 642 g/mol. The molecule has 0 aliphatic carbocycles. The average Bonchev–Trinajstić information content (AvgIpc) is 3.44. The Morgan fingerprint density at radius 3 is 2.40 bits per heavy atom. The number of nitrogens with zero attached hydrogens (tertiary/aromatic N) is 3. The van der Waals surface area contributed by atoms with Gasteiger partial charge in [0, 0.05) is 64.5 Å². The molecule has 11 heteroatoms. The van der Waals surface area contributed by atoms with Crippen molar-refractivity contribution < 1.29 is 29.0 Å². The van der Waals surface area contributed by atoms with Crippen LogP contribution in [0.4, 0.5) is 10.5 Å². The van der Waals surface area contributed by atoms with Crippen LogP contribution in [0, 0.1) is 0 Å². The van der Waals surface area contributed by atoms with Gasteiger partial charge in [0.1, 0.15) is 12.4 Å². The summed E-state index contributed by atoms with van der Waals surface area (Å²) < 4.78 is 12.4. The molecule has 5 rings (SSSR count). The number of amides is 3. The fourth-order valence-electron chi connectivity index (χ4n) is 6.30. The van der Waals surface area contributed by atoms with Gasteiger partial charge >= 0.3 is 6.09 Å². The number of hydrogen-bond donors (Lipinski definition) is 3. The van der Waals surface area contributed by atoms with Crippen LogP contribution in [0.15, 0.2) is 72.8 Å². The lowest BCUT2D eigenvalue weighted by molar-refractivity contribution is -0.133. The maximum Gasteiger partial charge on any atom is 0.404 e. The highest BCUT2D eigenvalue weighted by molar-refractivity contribution is 5.92. The predicted octanol–water partition coefficient (Wildman–Crippen LogP) is 5.30. The van der Waals surface area contributed by atoms with Gasteiger partial charge in [-0.05, 0) is 66.6 Å². The number of para-hydroxylation sites is 2. The highest BCUT2D eigenvalue weighted by atomic mass is 16.5. The van der Waals surface area contributed by atoms with Crippen LogP contribution in [0.3, 0.4) is 0 Å². The third-order valence-electron chi connectivity index (χ3n) is 8.52. The molecule has 0 bridgehead atoms. The lowest BCUT2D eigenvalue weighted by Crippen LogP contribution is -2.44. The normalized spacial score (nSPS) is 15.4. The number of carbonyl (C=O) groups excluding carboxylic acids is 2. The third kappa shape index (κ3) is 8.96. The number of carboxylic acid groups (broad SMARTS) is 1. The summed E-state index contributed by atoms with van der Waals surface area (Å²) in [6.07, 6.45) is 1.96. The van der Waals surface area contributed by atoms with Crippen LogP contribution < -0.4 is 10.6 Å². The maximum absolute atomic E-state index is 13.6. The number of anilines is 1. The van der Waals surface area contributed by atoms with E-state index in [-0.39, 0.29) is 30.8 Å². The van der Waals surface area contributed by atoms with Crippen molar-refractivity contribution in [2.24, 2.45) is 0 Å². The van der Waals surface area contributed by atoms with Gasteiger partial charge in [-0.3, -0.25) is 9.59 Å². The number of methoxy groups -OCH3 is 2. The Kier molecular flexibility index (Phi) is 11.6. The molecule has 11 nitrogen and oxygen atoms in total. The topological polar surface area (TPSA) is 135 Å². The molecule has 47 heavy (non-hydrogen) atoms. The first kappa shape index (κ1) is 33.6. The van der Waals surface area contributed by atoms with E-state index in [9.17, 15) is 19.5 Å². The van der Waals surface area contributed by atoms with E-state index in [0.717, 1.165) is 59.4 Å². The second-order valence-corrected chi connectivity index (χ2v) is 11.9. The van der Waals surface area contributed by atoms with Crippen LogP contribution in [0.5, 0.6) is 0 Å². The summed E-state index contributed by atoms with van der Waals surface area (Å²) in [5.41, 5.74) is 5.59. The number of imidazole rings is 1. The monoisotopic (exact) mass is 641 g/mol. The van der Waals surface area contributed by atoms with E-state index in [1.54, 1.807) is 7.11 Å². The van der Waals surface area contributed by atoms with Crippen LogP contribution >= 0.6 is 0 Å². The molecule has 2 heterocycles. The first-order valence-corrected chi connectivity index (χ1v) is 16.0. The Morgan fingerprint density at radius 2 is 1.70 bits per heavy atom. The second-order valence-electron chi connectivity index (χ2n) is 11.9. The number of benzene rings is 3. The summed E-state index contributed by atoms with van der Waals surface area (Å²) in [5, 5.41) is 14.9. The molecule has 0 unspecified atom stereocenters. The van der Waals surface area contributed by atoms with Crippen LogP contribution in [-0.2, 0) is 32.0 Å². The minimum atomic E-state index is -1.15. The van der Waals surface area contributed by atoms with Crippen LogP contribution in [0.1, 0.15) is 43.0 Å². The van der Waals surface area contributed by atoms with E-state index >= 15 is 0 Å². The van der Waals surface area contributed by atoms with Gasteiger partial charge in [-0.2, -0.15) is 0 Å².